The van der Waals surface area contributed by atoms with Crippen LogP contribution in [0.15, 0.2) is 68.0 Å². The standard InChI is InChI=1S/C25H26N6O5S2/c1-31(2)15-9-7-13(8-10-15)20(19-22(34)28-24(36)29-23(19)35)27-25-30-21(33)17(38-25)12-18(32)26-14-5-4-6-16(11-14)37-3/h4-11,17,20H,12H2,1-3H3,(H,26,32)(H,27,30,33)(H3,28,29,34,35,36)/t17-,20+/m0/s1. The molecule has 0 bridgehead atoms. The summed E-state index contributed by atoms with van der Waals surface area (Å²) in [6.07, 6.45) is 1.84. The van der Waals surface area contributed by atoms with Gasteiger partial charge in [-0.2, -0.15) is 0 Å². The zero-order valence-corrected chi connectivity index (χ0v) is 22.4. The summed E-state index contributed by atoms with van der Waals surface area (Å²) in [6.45, 7) is 0. The first-order chi connectivity index (χ1) is 18.1. The number of nitrogens with zero attached hydrogens (tertiary/aromatic N) is 2. The number of amides is 2. The van der Waals surface area contributed by atoms with Crippen LogP contribution in [0.1, 0.15) is 23.6 Å². The van der Waals surface area contributed by atoms with Crippen LogP contribution in [-0.2, 0) is 9.59 Å². The Bertz CT molecular complexity index is 1500. The first kappa shape index (κ1) is 27.1. The maximum atomic E-state index is 12.7. The van der Waals surface area contributed by atoms with E-state index in [0.717, 1.165) is 22.3 Å². The summed E-state index contributed by atoms with van der Waals surface area (Å²) >= 11 is 2.61. The van der Waals surface area contributed by atoms with Crippen molar-refractivity contribution < 1.29 is 14.7 Å². The van der Waals surface area contributed by atoms with Crippen LogP contribution < -0.4 is 26.8 Å². The van der Waals surface area contributed by atoms with E-state index < -0.39 is 34.3 Å². The van der Waals surface area contributed by atoms with Crippen LogP contribution in [0, 0.1) is 0 Å². The Morgan fingerprint density at radius 1 is 1.16 bits per heavy atom. The minimum atomic E-state index is -1.04. The second-order valence-electron chi connectivity index (χ2n) is 8.57. The summed E-state index contributed by atoms with van der Waals surface area (Å²) in [5.41, 5.74) is 0.226. The van der Waals surface area contributed by atoms with Crippen LogP contribution in [0.3, 0.4) is 0 Å². The molecule has 2 amide bonds. The molecule has 1 saturated heterocycles. The van der Waals surface area contributed by atoms with E-state index in [9.17, 15) is 24.3 Å². The number of rotatable bonds is 8. The number of carbonyl (C=O) groups is 2. The Balaban J connectivity index is 1.59. The van der Waals surface area contributed by atoms with E-state index in [-0.39, 0.29) is 23.1 Å². The average Bonchev–Trinajstić information content (AvgIpc) is 3.21. The molecule has 11 nitrogen and oxygen atoms in total. The molecule has 0 spiro atoms. The third kappa shape index (κ3) is 6.29. The molecular formula is C25H26N6O5S2. The molecular weight excluding hydrogens is 528 g/mol. The predicted molar refractivity (Wildman–Crippen MR) is 150 cm³/mol. The van der Waals surface area contributed by atoms with Gasteiger partial charge >= 0.3 is 5.69 Å². The summed E-state index contributed by atoms with van der Waals surface area (Å²) in [7, 11) is 3.76. The van der Waals surface area contributed by atoms with Crippen LogP contribution in [-0.4, -0.2) is 57.7 Å². The lowest BCUT2D eigenvalue weighted by Gasteiger charge is -2.17. The lowest BCUT2D eigenvalue weighted by molar-refractivity contribution is -0.122. The second kappa shape index (κ2) is 11.6. The van der Waals surface area contributed by atoms with Crippen molar-refractivity contribution in [1.29, 1.82) is 0 Å². The number of amidine groups is 1. The van der Waals surface area contributed by atoms with E-state index in [1.54, 1.807) is 30.0 Å². The largest absolute Gasteiger partial charge is 0.494 e. The van der Waals surface area contributed by atoms with Gasteiger partial charge in [-0.05, 0) is 42.2 Å². The van der Waals surface area contributed by atoms with Gasteiger partial charge in [0.05, 0.1) is 0 Å². The maximum absolute atomic E-state index is 12.7. The fourth-order valence-corrected chi connectivity index (χ4v) is 5.25. The molecule has 13 heteroatoms. The number of aromatic amines is 2. The molecule has 198 valence electrons. The first-order valence-electron chi connectivity index (χ1n) is 11.5. The minimum absolute atomic E-state index is 0.0916. The molecule has 5 N–H and O–H groups in total. The summed E-state index contributed by atoms with van der Waals surface area (Å²) in [4.78, 5) is 61.3. The minimum Gasteiger partial charge on any atom is -0.494 e. The first-order valence-corrected chi connectivity index (χ1v) is 13.6. The van der Waals surface area contributed by atoms with Gasteiger partial charge in [-0.3, -0.25) is 24.4 Å². The Hall–Kier alpha value is -3.97. The Labute approximate surface area is 226 Å². The highest BCUT2D eigenvalue weighted by molar-refractivity contribution is 8.15. The van der Waals surface area contributed by atoms with E-state index in [2.05, 4.69) is 25.6 Å². The molecule has 38 heavy (non-hydrogen) atoms. The van der Waals surface area contributed by atoms with Crippen molar-refractivity contribution in [2.24, 2.45) is 4.99 Å². The molecule has 2 atom stereocenters. The van der Waals surface area contributed by atoms with E-state index in [4.69, 9.17) is 0 Å². The van der Waals surface area contributed by atoms with Gasteiger partial charge < -0.3 is 20.6 Å². The molecule has 1 aliphatic heterocycles. The van der Waals surface area contributed by atoms with Gasteiger partial charge in [-0.1, -0.05) is 30.0 Å². The number of carbonyl (C=O) groups excluding carboxylic acids is 2. The zero-order valence-electron chi connectivity index (χ0n) is 20.8. The van der Waals surface area contributed by atoms with Crippen LogP contribution in [0.5, 0.6) is 5.88 Å². The molecule has 1 aromatic heterocycles. The monoisotopic (exact) mass is 554 g/mol. The summed E-state index contributed by atoms with van der Waals surface area (Å²) in [5.74, 6) is -1.35. The average molecular weight is 555 g/mol. The molecule has 0 aliphatic carbocycles. The highest BCUT2D eigenvalue weighted by Crippen LogP contribution is 2.32. The lowest BCUT2D eigenvalue weighted by Crippen LogP contribution is -2.29. The number of aromatic nitrogens is 2. The van der Waals surface area contributed by atoms with Gasteiger partial charge in [0.15, 0.2) is 5.17 Å². The summed E-state index contributed by atoms with van der Waals surface area (Å²) in [6, 6.07) is 13.5. The third-order valence-electron chi connectivity index (χ3n) is 5.70. The summed E-state index contributed by atoms with van der Waals surface area (Å²) < 4.78 is 0. The molecule has 1 fully saturated rings. The fraction of sp³-hybridized carbons (Fsp3) is 0.240. The van der Waals surface area contributed by atoms with Crippen LogP contribution in [0.4, 0.5) is 11.4 Å². The highest BCUT2D eigenvalue weighted by atomic mass is 32.2. The number of hydrogen-bond donors (Lipinski definition) is 5. The normalized spacial score (nSPS) is 16.8. The maximum Gasteiger partial charge on any atom is 0.328 e. The van der Waals surface area contributed by atoms with E-state index in [1.807, 2.05) is 55.6 Å². The SMILES string of the molecule is CSc1cccc(NC(=O)C[C@@H]2SC(=N[C@H](c3ccc(N(C)C)cc3)c3c(O)[nH]c(=O)[nH]c3=O)NC2=O)c1. The second-order valence-corrected chi connectivity index (χ2v) is 10.6. The van der Waals surface area contributed by atoms with Crippen LogP contribution >= 0.6 is 23.5 Å². The number of benzene rings is 2. The number of thioether (sulfide) groups is 2. The van der Waals surface area contributed by atoms with E-state index in [0.29, 0.717) is 11.3 Å². The highest BCUT2D eigenvalue weighted by Gasteiger charge is 2.34. The molecule has 2 aromatic carbocycles. The number of anilines is 2. The van der Waals surface area contributed by atoms with Gasteiger partial charge in [0, 0.05) is 36.8 Å². The summed E-state index contributed by atoms with van der Waals surface area (Å²) in [5, 5.41) is 15.3. The Morgan fingerprint density at radius 3 is 2.55 bits per heavy atom. The van der Waals surface area contributed by atoms with Gasteiger partial charge in [0.25, 0.3) is 5.56 Å². The van der Waals surface area contributed by atoms with Gasteiger partial charge in [-0.25, -0.2) is 9.79 Å². The van der Waals surface area contributed by atoms with Gasteiger partial charge in [0.2, 0.25) is 17.7 Å². The quantitative estimate of drug-likeness (QED) is 0.265. The Morgan fingerprint density at radius 2 is 1.89 bits per heavy atom. The van der Waals surface area contributed by atoms with Crippen molar-refractivity contribution in [2.45, 2.75) is 22.6 Å². The topological polar surface area (TPSA) is 160 Å². The smallest absolute Gasteiger partial charge is 0.328 e. The fourth-order valence-electron chi connectivity index (χ4n) is 3.80. The molecule has 1 aliphatic rings. The van der Waals surface area contributed by atoms with E-state index in [1.165, 1.54) is 0 Å². The van der Waals surface area contributed by atoms with Gasteiger partial charge in [-0.15, -0.1) is 11.8 Å². The number of nitrogens with one attached hydrogen (secondary N) is 4. The van der Waals surface area contributed by atoms with Gasteiger partial charge in [0.1, 0.15) is 16.9 Å². The van der Waals surface area contributed by atoms with Crippen molar-refractivity contribution >= 4 is 51.9 Å². The van der Waals surface area contributed by atoms with Crippen molar-refractivity contribution in [1.82, 2.24) is 15.3 Å². The molecule has 2 heterocycles. The predicted octanol–water partition coefficient (Wildman–Crippen LogP) is 2.26. The molecule has 0 saturated carbocycles. The van der Waals surface area contributed by atoms with Crippen molar-refractivity contribution in [3.63, 3.8) is 0 Å². The third-order valence-corrected chi connectivity index (χ3v) is 7.53. The molecule has 0 radical (unpaired) electrons. The van der Waals surface area contributed by atoms with Crippen LogP contribution in [0.25, 0.3) is 0 Å². The van der Waals surface area contributed by atoms with Crippen molar-refractivity contribution in [2.75, 3.05) is 30.6 Å². The molecule has 3 aromatic rings. The molecule has 4 rings (SSSR count). The number of aliphatic imine (C=N–C) groups is 1. The number of H-pyrrole nitrogens is 2. The lowest BCUT2D eigenvalue weighted by atomic mass is 10.0. The molecule has 0 unspecified atom stereocenters. The Kier molecular flexibility index (Phi) is 8.27. The van der Waals surface area contributed by atoms with Crippen molar-refractivity contribution in [3.8, 4) is 5.88 Å². The van der Waals surface area contributed by atoms with Crippen molar-refractivity contribution in [3.05, 3.63) is 80.5 Å². The zero-order chi connectivity index (χ0) is 27.4. The van der Waals surface area contributed by atoms with Crippen LogP contribution in [0.2, 0.25) is 0 Å². The van der Waals surface area contributed by atoms with E-state index >= 15 is 0 Å². The number of aromatic hydroxyl groups is 1. The number of hydrogen-bond acceptors (Lipinski definition) is 9.